The molecule has 0 saturated carbocycles. The molecule has 0 aliphatic rings. The van der Waals surface area contributed by atoms with Crippen LogP contribution in [0.25, 0.3) is 5.57 Å². The van der Waals surface area contributed by atoms with Crippen molar-refractivity contribution in [2.45, 2.75) is 20.0 Å². The van der Waals surface area contributed by atoms with Gasteiger partial charge < -0.3 is 15.1 Å². The Labute approximate surface area is 150 Å². The molecule has 0 atom stereocenters. The number of hydrogen-bond donors (Lipinski definition) is 2. The lowest BCUT2D eigenvalue weighted by atomic mass is 9.92. The Balaban J connectivity index is 0.000000705. The van der Waals surface area contributed by atoms with Crippen molar-refractivity contribution in [3.63, 3.8) is 0 Å². The van der Waals surface area contributed by atoms with Gasteiger partial charge in [-0.3, -0.25) is 4.79 Å². The summed E-state index contributed by atoms with van der Waals surface area (Å²) >= 11 is 0. The van der Waals surface area contributed by atoms with E-state index in [0.29, 0.717) is 0 Å². The summed E-state index contributed by atoms with van der Waals surface area (Å²) in [7, 11) is 6.00. The Hall–Kier alpha value is -2.43. The van der Waals surface area contributed by atoms with Crippen LogP contribution in [0.1, 0.15) is 29.2 Å². The van der Waals surface area contributed by atoms with Crippen molar-refractivity contribution in [1.82, 2.24) is 4.90 Å². The number of benzene rings is 2. The Morgan fingerprint density at radius 3 is 2.28 bits per heavy atom. The third-order valence-electron chi connectivity index (χ3n) is 3.36. The van der Waals surface area contributed by atoms with E-state index in [2.05, 4.69) is 0 Å². The van der Waals surface area contributed by atoms with E-state index in [1.54, 1.807) is 0 Å². The topological polar surface area (TPSA) is 60.8 Å². The van der Waals surface area contributed by atoms with Crippen molar-refractivity contribution >= 4 is 11.5 Å². The predicted octanol–water partition coefficient (Wildman–Crippen LogP) is 3.44. The highest BCUT2D eigenvalue weighted by atomic mass is 16.4. The van der Waals surface area contributed by atoms with Crippen molar-refractivity contribution in [3.8, 4) is 0 Å². The monoisotopic (exact) mass is 341 g/mol. The van der Waals surface area contributed by atoms with Gasteiger partial charge in [0.25, 0.3) is 0 Å². The zero-order valence-corrected chi connectivity index (χ0v) is 15.4. The summed E-state index contributed by atoms with van der Waals surface area (Å²) in [6.07, 6.45) is 1.99. The summed E-state index contributed by atoms with van der Waals surface area (Å²) in [5, 5.41) is 18.4. The lowest BCUT2D eigenvalue weighted by molar-refractivity contribution is -0.136. The van der Waals surface area contributed by atoms with Crippen molar-refractivity contribution in [2.24, 2.45) is 0 Å². The third-order valence-corrected chi connectivity index (χ3v) is 3.36. The first kappa shape index (κ1) is 20.6. The Morgan fingerprint density at radius 1 is 1.08 bits per heavy atom. The second-order valence-corrected chi connectivity index (χ2v) is 6.13. The average molecular weight is 341 g/mol. The van der Waals surface area contributed by atoms with Crippen LogP contribution in [0.2, 0.25) is 0 Å². The van der Waals surface area contributed by atoms with Crippen LogP contribution >= 0.6 is 0 Å². The average Bonchev–Trinajstić information content (AvgIpc) is 2.55. The fourth-order valence-electron chi connectivity index (χ4n) is 2.42. The predicted molar refractivity (Wildman–Crippen MR) is 103 cm³/mol. The molecule has 2 aromatic carbocycles. The molecule has 4 heteroatoms. The number of allylic oxidation sites excluding steroid dienone is 1. The highest BCUT2D eigenvalue weighted by Gasteiger charge is 2.10. The van der Waals surface area contributed by atoms with E-state index in [0.717, 1.165) is 27.8 Å². The zero-order chi connectivity index (χ0) is 18.8. The van der Waals surface area contributed by atoms with E-state index in [-0.39, 0.29) is 13.0 Å². The SMILES string of the molecule is C/C=C(\c1cccc(CC(=O)O)c1)c1ccccc1CO.CN(C)C. The minimum absolute atomic E-state index is 0.00643. The van der Waals surface area contributed by atoms with E-state index < -0.39 is 5.97 Å². The van der Waals surface area contributed by atoms with Crippen LogP contribution in [0, 0.1) is 0 Å². The number of nitrogens with zero attached hydrogens (tertiary/aromatic N) is 1. The second-order valence-electron chi connectivity index (χ2n) is 6.13. The second kappa shape index (κ2) is 10.4. The molecule has 0 bridgehead atoms. The number of aliphatic hydroxyl groups excluding tert-OH is 1. The van der Waals surface area contributed by atoms with E-state index >= 15 is 0 Å². The van der Waals surface area contributed by atoms with Gasteiger partial charge in [0.2, 0.25) is 0 Å². The van der Waals surface area contributed by atoms with Gasteiger partial charge in [-0.1, -0.05) is 54.6 Å². The number of aliphatic carboxylic acids is 1. The van der Waals surface area contributed by atoms with Gasteiger partial charge in [-0.15, -0.1) is 0 Å². The van der Waals surface area contributed by atoms with Crippen LogP contribution in [0.3, 0.4) is 0 Å². The zero-order valence-electron chi connectivity index (χ0n) is 15.4. The number of carboxylic acids is 1. The van der Waals surface area contributed by atoms with E-state index in [4.69, 9.17) is 5.11 Å². The molecule has 0 spiro atoms. The van der Waals surface area contributed by atoms with E-state index in [1.807, 2.05) is 87.6 Å². The van der Waals surface area contributed by atoms with Gasteiger partial charge in [0.05, 0.1) is 13.0 Å². The molecule has 0 aliphatic carbocycles. The summed E-state index contributed by atoms with van der Waals surface area (Å²) in [6, 6.07) is 15.2. The van der Waals surface area contributed by atoms with Crippen LogP contribution in [-0.2, 0) is 17.8 Å². The molecular formula is C21H27NO3. The molecule has 0 fully saturated rings. The molecule has 134 valence electrons. The Morgan fingerprint density at radius 2 is 1.72 bits per heavy atom. The summed E-state index contributed by atoms with van der Waals surface area (Å²) in [5.74, 6) is -0.843. The third kappa shape index (κ3) is 6.91. The van der Waals surface area contributed by atoms with Gasteiger partial charge in [0, 0.05) is 0 Å². The van der Waals surface area contributed by atoms with Gasteiger partial charge in [0.1, 0.15) is 0 Å². The number of rotatable bonds is 5. The number of carboxylic acid groups (broad SMARTS) is 1. The minimum atomic E-state index is -0.843. The number of carbonyl (C=O) groups is 1. The molecule has 0 aliphatic heterocycles. The Bertz CT molecular complexity index is 718. The lowest BCUT2D eigenvalue weighted by Gasteiger charge is -2.13. The molecule has 0 amide bonds. The molecule has 4 nitrogen and oxygen atoms in total. The first-order chi connectivity index (χ1) is 11.9. The van der Waals surface area contributed by atoms with Gasteiger partial charge in [0.15, 0.2) is 0 Å². The van der Waals surface area contributed by atoms with Crippen LogP contribution in [0.5, 0.6) is 0 Å². The summed E-state index contributed by atoms with van der Waals surface area (Å²) < 4.78 is 0. The molecule has 2 N–H and O–H groups in total. The van der Waals surface area contributed by atoms with Crippen molar-refractivity contribution in [1.29, 1.82) is 0 Å². The van der Waals surface area contributed by atoms with Gasteiger partial charge >= 0.3 is 5.97 Å². The van der Waals surface area contributed by atoms with Crippen LogP contribution in [0.4, 0.5) is 0 Å². The fraction of sp³-hybridized carbons (Fsp3) is 0.286. The number of aliphatic hydroxyl groups is 1. The van der Waals surface area contributed by atoms with Gasteiger partial charge in [-0.05, 0) is 55.9 Å². The molecule has 2 rings (SSSR count). The fourth-order valence-corrected chi connectivity index (χ4v) is 2.42. The first-order valence-corrected chi connectivity index (χ1v) is 8.16. The first-order valence-electron chi connectivity index (χ1n) is 8.16. The minimum Gasteiger partial charge on any atom is -0.481 e. The lowest BCUT2D eigenvalue weighted by Crippen LogP contribution is -2.01. The maximum absolute atomic E-state index is 10.8. The van der Waals surface area contributed by atoms with Gasteiger partial charge in [-0.2, -0.15) is 0 Å². The highest BCUT2D eigenvalue weighted by molar-refractivity contribution is 5.82. The molecule has 0 radical (unpaired) electrons. The van der Waals surface area contributed by atoms with Crippen molar-refractivity contribution in [2.75, 3.05) is 21.1 Å². The van der Waals surface area contributed by atoms with Crippen molar-refractivity contribution in [3.05, 3.63) is 76.9 Å². The molecular weight excluding hydrogens is 314 g/mol. The Kier molecular flexibility index (Phi) is 8.61. The maximum Gasteiger partial charge on any atom is 0.307 e. The van der Waals surface area contributed by atoms with Gasteiger partial charge in [-0.25, -0.2) is 0 Å². The molecule has 25 heavy (non-hydrogen) atoms. The summed E-state index contributed by atoms with van der Waals surface area (Å²) in [5.41, 5.74) is 4.54. The quantitative estimate of drug-likeness (QED) is 0.875. The largest absolute Gasteiger partial charge is 0.481 e. The molecule has 0 heterocycles. The standard InChI is InChI=1S/C18H18O3.C3H9N/c1-2-16(17-9-4-3-7-15(17)12-19)14-8-5-6-13(10-14)11-18(20)21;1-4(2)3/h2-10,19H,11-12H2,1H3,(H,20,21);1-3H3/b16-2+;. The van der Waals surface area contributed by atoms with E-state index in [9.17, 15) is 9.90 Å². The highest BCUT2D eigenvalue weighted by Crippen LogP contribution is 2.27. The molecule has 0 unspecified atom stereocenters. The molecule has 2 aromatic rings. The van der Waals surface area contributed by atoms with Crippen LogP contribution < -0.4 is 0 Å². The van der Waals surface area contributed by atoms with Crippen LogP contribution in [-0.4, -0.2) is 42.2 Å². The molecule has 0 saturated heterocycles. The van der Waals surface area contributed by atoms with Crippen LogP contribution in [0.15, 0.2) is 54.6 Å². The molecule has 0 aromatic heterocycles. The summed E-state index contributed by atoms with van der Waals surface area (Å²) in [4.78, 5) is 12.8. The maximum atomic E-state index is 10.8. The van der Waals surface area contributed by atoms with E-state index in [1.165, 1.54) is 0 Å². The number of hydrogen-bond acceptors (Lipinski definition) is 3. The summed E-state index contributed by atoms with van der Waals surface area (Å²) in [6.45, 7) is 1.91. The normalized spacial score (nSPS) is 11.0. The smallest absolute Gasteiger partial charge is 0.307 e. The van der Waals surface area contributed by atoms with Crippen molar-refractivity contribution < 1.29 is 15.0 Å².